The normalized spacial score (nSPS) is 10.7. The Balaban J connectivity index is 1.92. The summed E-state index contributed by atoms with van der Waals surface area (Å²) in [4.78, 5) is 11.8. The molecule has 0 atom stereocenters. The molecule has 5 nitrogen and oxygen atoms in total. The Morgan fingerprint density at radius 3 is 2.38 bits per heavy atom. The summed E-state index contributed by atoms with van der Waals surface area (Å²) in [6, 6.07) is 11.3. The molecule has 5 heteroatoms. The number of carbonyl (C=O) groups is 1. The van der Waals surface area contributed by atoms with Crippen molar-refractivity contribution in [3.05, 3.63) is 58.7 Å². The number of nitrogens with one attached hydrogen (secondary N) is 1. The smallest absolute Gasteiger partial charge is 0.277 e. The zero-order chi connectivity index (χ0) is 17.5. The van der Waals surface area contributed by atoms with Gasteiger partial charge in [0.15, 0.2) is 18.1 Å². The van der Waals surface area contributed by atoms with Crippen LogP contribution in [0.3, 0.4) is 0 Å². The molecule has 0 spiro atoms. The van der Waals surface area contributed by atoms with Crippen LogP contribution in [0, 0.1) is 20.8 Å². The van der Waals surface area contributed by atoms with Gasteiger partial charge in [-0.25, -0.2) is 5.43 Å². The van der Waals surface area contributed by atoms with Crippen molar-refractivity contribution in [1.29, 1.82) is 0 Å². The maximum atomic E-state index is 11.8. The van der Waals surface area contributed by atoms with E-state index < -0.39 is 0 Å². The van der Waals surface area contributed by atoms with Gasteiger partial charge in [-0.3, -0.25) is 4.79 Å². The first kappa shape index (κ1) is 17.5. The van der Waals surface area contributed by atoms with Gasteiger partial charge < -0.3 is 9.47 Å². The van der Waals surface area contributed by atoms with Crippen molar-refractivity contribution < 1.29 is 14.3 Å². The van der Waals surface area contributed by atoms with Crippen LogP contribution in [0.4, 0.5) is 0 Å². The summed E-state index contributed by atoms with van der Waals surface area (Å²) < 4.78 is 10.6. The fourth-order valence-electron chi connectivity index (χ4n) is 2.48. The van der Waals surface area contributed by atoms with Crippen molar-refractivity contribution in [3.8, 4) is 11.5 Å². The minimum atomic E-state index is -0.334. The summed E-state index contributed by atoms with van der Waals surface area (Å²) in [5.74, 6) is 0.767. The number of para-hydroxylation sites is 2. The van der Waals surface area contributed by atoms with Gasteiger partial charge in [0.1, 0.15) is 0 Å². The summed E-state index contributed by atoms with van der Waals surface area (Å²) in [5, 5.41) is 4.01. The van der Waals surface area contributed by atoms with E-state index in [-0.39, 0.29) is 12.5 Å². The highest BCUT2D eigenvalue weighted by molar-refractivity contribution is 5.85. The molecule has 2 rings (SSSR count). The monoisotopic (exact) mass is 326 g/mol. The van der Waals surface area contributed by atoms with E-state index in [1.807, 2.05) is 26.0 Å². The molecule has 0 radical (unpaired) electrons. The lowest BCUT2D eigenvalue weighted by molar-refractivity contribution is -0.123. The first-order valence-electron chi connectivity index (χ1n) is 7.67. The maximum absolute atomic E-state index is 11.8. The van der Waals surface area contributed by atoms with Gasteiger partial charge in [0.25, 0.3) is 5.91 Å². The number of amides is 1. The predicted molar refractivity (Wildman–Crippen MR) is 94.9 cm³/mol. The van der Waals surface area contributed by atoms with Crippen molar-refractivity contribution >= 4 is 12.1 Å². The molecule has 1 N–H and O–H groups in total. The van der Waals surface area contributed by atoms with Gasteiger partial charge in [-0.05, 0) is 44.0 Å². The van der Waals surface area contributed by atoms with E-state index >= 15 is 0 Å². The fraction of sp³-hybridized carbons (Fsp3) is 0.263. The van der Waals surface area contributed by atoms with E-state index in [4.69, 9.17) is 9.47 Å². The van der Waals surface area contributed by atoms with Crippen molar-refractivity contribution in [2.45, 2.75) is 20.8 Å². The van der Waals surface area contributed by atoms with E-state index in [1.54, 1.807) is 25.5 Å². The van der Waals surface area contributed by atoms with Crippen LogP contribution in [-0.2, 0) is 4.79 Å². The molecule has 126 valence electrons. The minimum Gasteiger partial charge on any atom is -0.493 e. The number of benzene rings is 2. The lowest BCUT2D eigenvalue weighted by Gasteiger charge is -2.09. The third kappa shape index (κ3) is 4.59. The number of methoxy groups -OCH3 is 1. The largest absolute Gasteiger partial charge is 0.493 e. The third-order valence-electron chi connectivity index (χ3n) is 3.55. The summed E-state index contributed by atoms with van der Waals surface area (Å²) >= 11 is 0. The number of ether oxygens (including phenoxy) is 2. The van der Waals surface area contributed by atoms with Crippen LogP contribution in [0.15, 0.2) is 41.5 Å². The van der Waals surface area contributed by atoms with Gasteiger partial charge in [-0.15, -0.1) is 0 Å². The van der Waals surface area contributed by atoms with Crippen LogP contribution < -0.4 is 14.9 Å². The van der Waals surface area contributed by atoms with Crippen LogP contribution >= 0.6 is 0 Å². The molecule has 0 fully saturated rings. The Hall–Kier alpha value is -2.82. The van der Waals surface area contributed by atoms with E-state index in [9.17, 15) is 4.79 Å². The minimum absolute atomic E-state index is 0.135. The highest BCUT2D eigenvalue weighted by atomic mass is 16.5. The van der Waals surface area contributed by atoms with Gasteiger partial charge in [0, 0.05) is 5.56 Å². The number of aryl methyl sites for hydroxylation is 3. The molecule has 0 unspecified atom stereocenters. The average molecular weight is 326 g/mol. The molecular formula is C19H22N2O3. The quantitative estimate of drug-likeness (QED) is 0.655. The van der Waals surface area contributed by atoms with Crippen LogP contribution in [0.1, 0.15) is 22.3 Å². The molecule has 0 aliphatic rings. The first-order chi connectivity index (χ1) is 11.5. The Morgan fingerprint density at radius 2 is 1.75 bits per heavy atom. The average Bonchev–Trinajstić information content (AvgIpc) is 2.55. The van der Waals surface area contributed by atoms with E-state index in [2.05, 4.69) is 29.6 Å². The molecule has 1 amide bonds. The maximum Gasteiger partial charge on any atom is 0.277 e. The second kappa shape index (κ2) is 8.15. The number of hydrazone groups is 1. The molecule has 0 saturated carbocycles. The number of hydrogen-bond acceptors (Lipinski definition) is 4. The summed E-state index contributed by atoms with van der Waals surface area (Å²) in [6.45, 7) is 5.96. The topological polar surface area (TPSA) is 59.9 Å². The second-order valence-corrected chi connectivity index (χ2v) is 5.55. The zero-order valence-corrected chi connectivity index (χ0v) is 14.4. The van der Waals surface area contributed by atoms with Crippen molar-refractivity contribution in [2.24, 2.45) is 5.10 Å². The second-order valence-electron chi connectivity index (χ2n) is 5.55. The first-order valence-corrected chi connectivity index (χ1v) is 7.67. The SMILES string of the molecule is COc1ccccc1OCC(=O)NN=Cc1c(C)cc(C)cc1C. The predicted octanol–water partition coefficient (Wildman–Crippen LogP) is 3.15. The van der Waals surface area contributed by atoms with E-state index in [0.29, 0.717) is 11.5 Å². The molecule has 0 aliphatic heterocycles. The van der Waals surface area contributed by atoms with Gasteiger partial charge >= 0.3 is 0 Å². The van der Waals surface area contributed by atoms with E-state index in [1.165, 1.54) is 5.56 Å². The molecule has 2 aromatic carbocycles. The fourth-order valence-corrected chi connectivity index (χ4v) is 2.48. The standard InChI is InChI=1S/C19H22N2O3/c1-13-9-14(2)16(15(3)10-13)11-20-21-19(22)12-24-18-8-6-5-7-17(18)23-4/h5-11H,12H2,1-4H3,(H,21,22). The lowest BCUT2D eigenvalue weighted by atomic mass is 10.0. The Labute approximate surface area is 142 Å². The molecule has 0 saturated heterocycles. The van der Waals surface area contributed by atoms with Crippen molar-refractivity contribution in [3.63, 3.8) is 0 Å². The van der Waals surface area contributed by atoms with E-state index in [0.717, 1.165) is 16.7 Å². The Bertz CT molecular complexity index is 731. The molecule has 0 heterocycles. The number of nitrogens with zero attached hydrogens (tertiary/aromatic N) is 1. The number of hydrogen-bond donors (Lipinski definition) is 1. The van der Waals surface area contributed by atoms with Crippen LogP contribution in [0.2, 0.25) is 0 Å². The van der Waals surface area contributed by atoms with Crippen molar-refractivity contribution in [2.75, 3.05) is 13.7 Å². The molecule has 0 bridgehead atoms. The summed E-state index contributed by atoms with van der Waals surface area (Å²) in [7, 11) is 1.55. The third-order valence-corrected chi connectivity index (χ3v) is 3.55. The Kier molecular flexibility index (Phi) is 5.95. The lowest BCUT2D eigenvalue weighted by Crippen LogP contribution is -2.24. The Morgan fingerprint density at radius 1 is 1.12 bits per heavy atom. The van der Waals surface area contributed by atoms with Gasteiger partial charge in [0.05, 0.1) is 13.3 Å². The highest BCUT2D eigenvalue weighted by Gasteiger charge is 2.06. The zero-order valence-electron chi connectivity index (χ0n) is 14.4. The molecule has 0 aromatic heterocycles. The molecule has 0 aliphatic carbocycles. The van der Waals surface area contributed by atoms with Gasteiger partial charge in [0.2, 0.25) is 0 Å². The van der Waals surface area contributed by atoms with Gasteiger partial charge in [-0.2, -0.15) is 5.10 Å². The van der Waals surface area contributed by atoms with Gasteiger partial charge in [-0.1, -0.05) is 29.8 Å². The molecular weight excluding hydrogens is 304 g/mol. The van der Waals surface area contributed by atoms with Crippen LogP contribution in [0.25, 0.3) is 0 Å². The molecule has 24 heavy (non-hydrogen) atoms. The summed E-state index contributed by atoms with van der Waals surface area (Å²) in [6.07, 6.45) is 1.66. The number of carbonyl (C=O) groups excluding carboxylic acids is 1. The highest BCUT2D eigenvalue weighted by Crippen LogP contribution is 2.25. The van der Waals surface area contributed by atoms with Crippen LogP contribution in [-0.4, -0.2) is 25.8 Å². The number of rotatable bonds is 6. The molecule has 2 aromatic rings. The summed E-state index contributed by atoms with van der Waals surface area (Å²) in [5.41, 5.74) is 6.93. The van der Waals surface area contributed by atoms with Crippen LogP contribution in [0.5, 0.6) is 11.5 Å². The van der Waals surface area contributed by atoms with Crippen molar-refractivity contribution in [1.82, 2.24) is 5.43 Å².